The number of hydrogen-bond acceptors (Lipinski definition) is 12. The summed E-state index contributed by atoms with van der Waals surface area (Å²) in [4.78, 5) is 51.1. The van der Waals surface area contributed by atoms with E-state index in [2.05, 4.69) is 10.6 Å². The highest BCUT2D eigenvalue weighted by Crippen LogP contribution is 2.53. The van der Waals surface area contributed by atoms with Crippen molar-refractivity contribution in [3.63, 3.8) is 0 Å². The third-order valence-electron chi connectivity index (χ3n) is 10.2. The highest BCUT2D eigenvalue weighted by atomic mass is 16.4. The van der Waals surface area contributed by atoms with Crippen molar-refractivity contribution in [2.24, 2.45) is 11.8 Å². The van der Waals surface area contributed by atoms with Crippen molar-refractivity contribution in [3.8, 4) is 34.1 Å². The number of carbonyl (C=O) groups is 4. The number of Topliss-reactive ketones (excluding diaryl/α,β-unsaturated/α-hetero) is 2. The number of phenols is 4. The molecule has 0 atom stereocenters. The smallest absolute Gasteiger partial charge is 0.339 e. The first-order valence-electron chi connectivity index (χ1n) is 18.0. The molecular formula is C44H40N2O12. The molecule has 0 heterocycles. The van der Waals surface area contributed by atoms with Gasteiger partial charge in [-0.15, -0.1) is 0 Å². The van der Waals surface area contributed by atoms with E-state index in [0.717, 1.165) is 24.3 Å². The van der Waals surface area contributed by atoms with Crippen LogP contribution >= 0.6 is 0 Å². The molecule has 0 radical (unpaired) electrons. The molecule has 0 amide bonds. The molecule has 0 fully saturated rings. The second-order valence-corrected chi connectivity index (χ2v) is 14.7. The molecule has 0 spiro atoms. The Morgan fingerprint density at radius 2 is 0.897 bits per heavy atom. The fourth-order valence-corrected chi connectivity index (χ4v) is 7.53. The van der Waals surface area contributed by atoms with Gasteiger partial charge >= 0.3 is 11.9 Å². The molecule has 4 aromatic rings. The van der Waals surface area contributed by atoms with E-state index in [9.17, 15) is 60.0 Å². The SMILES string of the molecule is Cc1cc2c(c(O)c1-c1c(C)cc3c(c1O)/C(=C\Nc1ccc(O)c(C(=O)O)c1)C(=O)C(O)=C3C(C)C)/C(=C/Nc1ccc(O)c(C(=O)O)c1)C(=O)C(O)=C2C(C)C. The van der Waals surface area contributed by atoms with Crippen molar-refractivity contribution in [3.05, 3.63) is 117 Å². The maximum absolute atomic E-state index is 13.9. The quantitative estimate of drug-likeness (QED) is 0.0568. The zero-order valence-electron chi connectivity index (χ0n) is 32.1. The predicted molar refractivity (Wildman–Crippen MR) is 217 cm³/mol. The fraction of sp³-hybridized carbons (Fsp3) is 0.182. The van der Waals surface area contributed by atoms with E-state index in [1.165, 1.54) is 24.5 Å². The lowest BCUT2D eigenvalue weighted by atomic mass is 9.75. The molecule has 10 N–H and O–H groups in total. The van der Waals surface area contributed by atoms with Gasteiger partial charge in [-0.05, 0) is 84.3 Å². The fourth-order valence-electron chi connectivity index (χ4n) is 7.53. The second-order valence-electron chi connectivity index (χ2n) is 14.7. The van der Waals surface area contributed by atoms with Gasteiger partial charge in [-0.25, -0.2) is 9.59 Å². The summed E-state index contributed by atoms with van der Waals surface area (Å²) in [5.74, 6) is -8.36. The maximum atomic E-state index is 13.9. The number of carboxylic acids is 2. The molecule has 0 aromatic heterocycles. The molecule has 2 aliphatic rings. The summed E-state index contributed by atoms with van der Waals surface area (Å²) in [5, 5.41) is 91.8. The van der Waals surface area contributed by atoms with Crippen LogP contribution in [0.1, 0.15) is 81.8 Å². The number of anilines is 2. The zero-order chi connectivity index (χ0) is 42.7. The number of aryl methyl sites for hydroxylation is 2. The van der Waals surface area contributed by atoms with Crippen LogP contribution in [0, 0.1) is 25.7 Å². The van der Waals surface area contributed by atoms with Crippen LogP contribution in [-0.4, -0.2) is 64.4 Å². The van der Waals surface area contributed by atoms with Gasteiger partial charge in [0, 0.05) is 57.2 Å². The third kappa shape index (κ3) is 6.63. The molecule has 6 rings (SSSR count). The molecular weight excluding hydrogens is 748 g/mol. The van der Waals surface area contributed by atoms with Gasteiger partial charge in [0.05, 0.1) is 11.1 Å². The molecule has 0 aliphatic heterocycles. The summed E-state index contributed by atoms with van der Waals surface area (Å²) in [7, 11) is 0. The van der Waals surface area contributed by atoms with E-state index in [1.807, 2.05) is 0 Å². The molecule has 0 saturated carbocycles. The number of aromatic carboxylic acids is 2. The number of nitrogens with one attached hydrogen (secondary N) is 2. The van der Waals surface area contributed by atoms with Gasteiger partial charge in [0.1, 0.15) is 34.1 Å². The average Bonchev–Trinajstić information content (AvgIpc) is 3.14. The second kappa shape index (κ2) is 14.9. The maximum Gasteiger partial charge on any atom is 0.339 e. The van der Waals surface area contributed by atoms with Gasteiger partial charge in [-0.3, -0.25) is 9.59 Å². The highest BCUT2D eigenvalue weighted by Gasteiger charge is 2.38. The van der Waals surface area contributed by atoms with E-state index in [-0.39, 0.29) is 55.9 Å². The van der Waals surface area contributed by atoms with Crippen LogP contribution in [-0.2, 0) is 9.59 Å². The summed E-state index contributed by atoms with van der Waals surface area (Å²) in [6.45, 7) is 10.3. The van der Waals surface area contributed by atoms with Crippen LogP contribution in [0.4, 0.5) is 11.4 Å². The summed E-state index contributed by atoms with van der Waals surface area (Å²) in [6, 6.07) is 10.6. The molecule has 0 bridgehead atoms. The van der Waals surface area contributed by atoms with Gasteiger partial charge in [0.25, 0.3) is 0 Å². The van der Waals surface area contributed by atoms with Gasteiger partial charge in [-0.2, -0.15) is 0 Å². The van der Waals surface area contributed by atoms with Crippen molar-refractivity contribution in [1.29, 1.82) is 0 Å². The van der Waals surface area contributed by atoms with E-state index in [4.69, 9.17) is 0 Å². The van der Waals surface area contributed by atoms with Crippen LogP contribution in [0.25, 0.3) is 33.4 Å². The van der Waals surface area contributed by atoms with E-state index < -0.39 is 81.0 Å². The molecule has 14 nitrogen and oxygen atoms in total. The van der Waals surface area contributed by atoms with Crippen molar-refractivity contribution in [1.82, 2.24) is 0 Å². The average molecular weight is 789 g/mol. The van der Waals surface area contributed by atoms with E-state index in [1.54, 1.807) is 53.7 Å². The lowest BCUT2D eigenvalue weighted by Crippen LogP contribution is -2.20. The van der Waals surface area contributed by atoms with Crippen molar-refractivity contribution in [2.75, 3.05) is 10.6 Å². The Labute approximate surface area is 331 Å². The first-order valence-corrected chi connectivity index (χ1v) is 18.0. The molecule has 58 heavy (non-hydrogen) atoms. The topological polar surface area (TPSA) is 254 Å². The largest absolute Gasteiger partial charge is 0.507 e. The van der Waals surface area contributed by atoms with Crippen LogP contribution in [0.5, 0.6) is 23.0 Å². The lowest BCUT2D eigenvalue weighted by Gasteiger charge is -2.29. The van der Waals surface area contributed by atoms with Crippen molar-refractivity contribution in [2.45, 2.75) is 41.5 Å². The van der Waals surface area contributed by atoms with Crippen LogP contribution < -0.4 is 10.6 Å². The monoisotopic (exact) mass is 788 g/mol. The molecule has 2 aliphatic carbocycles. The minimum absolute atomic E-state index is 0.0103. The Bertz CT molecular complexity index is 2460. The zero-order valence-corrected chi connectivity index (χ0v) is 32.1. The number of aromatic hydroxyl groups is 4. The Morgan fingerprint density at radius 1 is 0.552 bits per heavy atom. The Hall–Kier alpha value is -7.48. The van der Waals surface area contributed by atoms with E-state index in [0.29, 0.717) is 22.3 Å². The number of phenolic OH excluding ortho intramolecular Hbond substituents is 2. The number of fused-ring (bicyclic) bond motifs is 2. The number of ketones is 2. The Kier molecular flexibility index (Phi) is 10.3. The van der Waals surface area contributed by atoms with Crippen LogP contribution in [0.2, 0.25) is 0 Å². The molecule has 0 saturated heterocycles. The van der Waals surface area contributed by atoms with Gasteiger partial charge < -0.3 is 51.5 Å². The number of carboxylic acid groups (broad SMARTS) is 2. The van der Waals surface area contributed by atoms with Gasteiger partial charge in [0.15, 0.2) is 11.5 Å². The van der Waals surface area contributed by atoms with Crippen LogP contribution in [0.15, 0.2) is 72.4 Å². The number of aliphatic hydroxyl groups excluding tert-OH is 2. The third-order valence-corrected chi connectivity index (χ3v) is 10.2. The molecule has 14 heteroatoms. The number of allylic oxidation sites excluding steroid dienone is 4. The number of benzene rings is 4. The minimum atomic E-state index is -1.40. The molecule has 4 aromatic carbocycles. The minimum Gasteiger partial charge on any atom is -0.507 e. The van der Waals surface area contributed by atoms with Gasteiger partial charge in [-0.1, -0.05) is 39.8 Å². The summed E-state index contributed by atoms with van der Waals surface area (Å²) in [5.41, 5.74) is 1.14. The summed E-state index contributed by atoms with van der Waals surface area (Å²) in [6.07, 6.45) is 2.38. The van der Waals surface area contributed by atoms with Crippen molar-refractivity contribution >= 4 is 57.2 Å². The van der Waals surface area contributed by atoms with Crippen LogP contribution in [0.3, 0.4) is 0 Å². The number of aliphatic hydroxyl groups is 2. The number of hydrogen-bond donors (Lipinski definition) is 10. The number of rotatable bonds is 9. The Morgan fingerprint density at radius 3 is 1.21 bits per heavy atom. The predicted octanol–water partition coefficient (Wildman–Crippen LogP) is 8.11. The molecule has 0 unspecified atom stereocenters. The number of carbonyl (C=O) groups excluding carboxylic acids is 2. The summed E-state index contributed by atoms with van der Waals surface area (Å²) >= 11 is 0. The molecule has 298 valence electrons. The van der Waals surface area contributed by atoms with Crippen molar-refractivity contribution < 1.29 is 60.0 Å². The Balaban J connectivity index is 1.61. The van der Waals surface area contributed by atoms with Gasteiger partial charge in [0.2, 0.25) is 11.6 Å². The normalized spacial score (nSPS) is 15.4. The standard InChI is InChI=1S/C44H40N2O12/c1-17(2)31-25-11-19(5)33(39(51)35(25)27(37(49)41(31)53)15-45-21-7-9-29(47)23(13-21)43(55)56)34-20(6)12-26-32(18(3)4)42(54)38(50)28(36(26)40(34)52)16-46-22-8-10-30(48)24(14-22)44(57)58/h7-18,45-48,51-54H,1-6H3,(H,55,56)(H,57,58)/b27-15-,28-16+. The first kappa shape index (κ1) is 40.2. The van der Waals surface area contributed by atoms with E-state index >= 15 is 0 Å². The first-order chi connectivity index (χ1) is 27.3. The highest BCUT2D eigenvalue weighted by molar-refractivity contribution is 6.35. The summed E-state index contributed by atoms with van der Waals surface area (Å²) < 4.78 is 0. The lowest BCUT2D eigenvalue weighted by molar-refractivity contribution is -0.113.